The molecule has 86 valence electrons. The molecule has 2 N–H and O–H groups in total. The Hall–Kier alpha value is -1.55. The third-order valence-electron chi connectivity index (χ3n) is 2.29. The number of imidazole rings is 1. The smallest absolute Gasteiger partial charge is 0.140 e. The van der Waals surface area contributed by atoms with Crippen molar-refractivity contribution in [1.29, 1.82) is 0 Å². The van der Waals surface area contributed by atoms with Crippen LogP contribution in [0.4, 0.5) is 0 Å². The molecule has 2 rings (SSSR count). The highest BCUT2D eigenvalue weighted by Crippen LogP contribution is 2.15. The number of aromatic amines is 1. The molecule has 0 amide bonds. The number of rotatable bonds is 5. The highest BCUT2D eigenvalue weighted by atomic mass is 16.3. The van der Waals surface area contributed by atoms with E-state index in [0.29, 0.717) is 5.92 Å². The molecule has 0 saturated heterocycles. The van der Waals surface area contributed by atoms with Crippen molar-refractivity contribution in [3.05, 3.63) is 30.5 Å². The molecular weight excluding hydrogens is 202 g/mol. The standard InChI is InChI=1S/C12H17N3O/c1-9(2)5-13-6-11-7-14-12(15-11)10-3-4-16-8-10/h3-4,7-9,13H,5-6H2,1-2H3,(H,14,15). The van der Waals surface area contributed by atoms with E-state index in [1.54, 1.807) is 12.5 Å². The van der Waals surface area contributed by atoms with Crippen molar-refractivity contribution < 1.29 is 4.42 Å². The maximum Gasteiger partial charge on any atom is 0.140 e. The Kier molecular flexibility index (Phi) is 3.41. The fraction of sp³-hybridized carbons (Fsp3) is 0.417. The molecule has 4 nitrogen and oxygen atoms in total. The maximum absolute atomic E-state index is 5.02. The van der Waals surface area contributed by atoms with Gasteiger partial charge in [0, 0.05) is 18.4 Å². The summed E-state index contributed by atoms with van der Waals surface area (Å²) in [6, 6.07) is 1.89. The Morgan fingerprint density at radius 3 is 3.06 bits per heavy atom. The second-order valence-corrected chi connectivity index (χ2v) is 4.29. The number of aromatic nitrogens is 2. The third-order valence-corrected chi connectivity index (χ3v) is 2.29. The summed E-state index contributed by atoms with van der Waals surface area (Å²) in [7, 11) is 0. The van der Waals surface area contributed by atoms with E-state index < -0.39 is 0 Å². The summed E-state index contributed by atoms with van der Waals surface area (Å²) in [6.45, 7) is 6.22. The van der Waals surface area contributed by atoms with Crippen LogP contribution in [0.2, 0.25) is 0 Å². The Morgan fingerprint density at radius 1 is 1.50 bits per heavy atom. The van der Waals surface area contributed by atoms with Crippen molar-refractivity contribution in [3.63, 3.8) is 0 Å². The number of nitrogens with one attached hydrogen (secondary N) is 2. The summed E-state index contributed by atoms with van der Waals surface area (Å²) in [4.78, 5) is 7.56. The van der Waals surface area contributed by atoms with Gasteiger partial charge in [-0.25, -0.2) is 4.98 Å². The zero-order valence-corrected chi connectivity index (χ0v) is 9.66. The number of H-pyrrole nitrogens is 1. The third kappa shape index (κ3) is 2.73. The molecule has 0 spiro atoms. The van der Waals surface area contributed by atoms with Gasteiger partial charge < -0.3 is 14.7 Å². The first kappa shape index (κ1) is 11.0. The van der Waals surface area contributed by atoms with Crippen molar-refractivity contribution in [2.24, 2.45) is 5.92 Å². The van der Waals surface area contributed by atoms with Gasteiger partial charge in [0.15, 0.2) is 0 Å². The second-order valence-electron chi connectivity index (χ2n) is 4.29. The lowest BCUT2D eigenvalue weighted by Crippen LogP contribution is -2.19. The first-order chi connectivity index (χ1) is 7.75. The monoisotopic (exact) mass is 219 g/mol. The van der Waals surface area contributed by atoms with Gasteiger partial charge in [-0.2, -0.15) is 0 Å². The van der Waals surface area contributed by atoms with Crippen LogP contribution in [0.5, 0.6) is 0 Å². The van der Waals surface area contributed by atoms with Crippen molar-refractivity contribution in [1.82, 2.24) is 15.3 Å². The highest BCUT2D eigenvalue weighted by molar-refractivity contribution is 5.52. The van der Waals surface area contributed by atoms with Gasteiger partial charge in [-0.1, -0.05) is 13.8 Å². The molecular formula is C12H17N3O. The Morgan fingerprint density at radius 2 is 2.38 bits per heavy atom. The lowest BCUT2D eigenvalue weighted by molar-refractivity contribution is 0.549. The largest absolute Gasteiger partial charge is 0.472 e. The summed E-state index contributed by atoms with van der Waals surface area (Å²) in [5.41, 5.74) is 2.08. The number of hydrogen-bond donors (Lipinski definition) is 2. The summed E-state index contributed by atoms with van der Waals surface area (Å²) >= 11 is 0. The van der Waals surface area contributed by atoms with Crippen molar-refractivity contribution >= 4 is 0 Å². The number of furan rings is 1. The van der Waals surface area contributed by atoms with Crippen LogP contribution in [0.15, 0.2) is 29.2 Å². The van der Waals surface area contributed by atoms with Crippen LogP contribution in [0, 0.1) is 5.92 Å². The topological polar surface area (TPSA) is 53.9 Å². The van der Waals surface area contributed by atoms with Gasteiger partial charge in [-0.15, -0.1) is 0 Å². The molecule has 4 heteroatoms. The maximum atomic E-state index is 5.02. The van der Waals surface area contributed by atoms with E-state index >= 15 is 0 Å². The van der Waals surface area contributed by atoms with E-state index in [9.17, 15) is 0 Å². The van der Waals surface area contributed by atoms with Crippen LogP contribution in [-0.2, 0) is 6.54 Å². The van der Waals surface area contributed by atoms with Crippen molar-refractivity contribution in [3.8, 4) is 11.4 Å². The van der Waals surface area contributed by atoms with Gasteiger partial charge >= 0.3 is 0 Å². The van der Waals surface area contributed by atoms with E-state index in [1.165, 1.54) is 0 Å². The number of hydrogen-bond acceptors (Lipinski definition) is 3. The van der Waals surface area contributed by atoms with Gasteiger partial charge in [0.1, 0.15) is 12.1 Å². The SMILES string of the molecule is CC(C)CNCc1cnc(-c2ccoc2)[nH]1. The molecule has 0 atom stereocenters. The van der Waals surface area contributed by atoms with Gasteiger partial charge in [-0.05, 0) is 18.5 Å². The summed E-state index contributed by atoms with van der Waals surface area (Å²) in [5.74, 6) is 1.52. The Bertz CT molecular complexity index is 417. The fourth-order valence-electron chi connectivity index (χ4n) is 1.49. The summed E-state index contributed by atoms with van der Waals surface area (Å²) < 4.78 is 5.02. The molecule has 2 heterocycles. The molecule has 0 fully saturated rings. The van der Waals surface area contributed by atoms with Crippen LogP contribution in [0.1, 0.15) is 19.5 Å². The molecule has 0 aliphatic rings. The average molecular weight is 219 g/mol. The van der Waals surface area contributed by atoms with E-state index in [-0.39, 0.29) is 0 Å². The minimum atomic E-state index is 0.663. The minimum absolute atomic E-state index is 0.663. The Labute approximate surface area is 95.1 Å². The highest BCUT2D eigenvalue weighted by Gasteiger charge is 2.04. The lowest BCUT2D eigenvalue weighted by Gasteiger charge is -2.05. The van der Waals surface area contributed by atoms with Crippen LogP contribution in [-0.4, -0.2) is 16.5 Å². The van der Waals surface area contributed by atoms with Crippen LogP contribution in [0.25, 0.3) is 11.4 Å². The van der Waals surface area contributed by atoms with Gasteiger partial charge in [0.25, 0.3) is 0 Å². The molecule has 0 radical (unpaired) electrons. The summed E-state index contributed by atoms with van der Waals surface area (Å²) in [5, 5.41) is 3.37. The summed E-state index contributed by atoms with van der Waals surface area (Å²) in [6.07, 6.45) is 5.19. The molecule has 0 saturated carbocycles. The first-order valence-corrected chi connectivity index (χ1v) is 5.53. The predicted molar refractivity (Wildman–Crippen MR) is 62.8 cm³/mol. The van der Waals surface area contributed by atoms with E-state index in [2.05, 4.69) is 29.1 Å². The molecule has 16 heavy (non-hydrogen) atoms. The van der Waals surface area contributed by atoms with Gasteiger partial charge in [-0.3, -0.25) is 0 Å². The predicted octanol–water partition coefficient (Wildman–Crippen LogP) is 2.42. The van der Waals surface area contributed by atoms with E-state index in [0.717, 1.165) is 30.2 Å². The van der Waals surface area contributed by atoms with E-state index in [4.69, 9.17) is 4.42 Å². The molecule has 0 aliphatic carbocycles. The van der Waals surface area contributed by atoms with Gasteiger partial charge in [0.2, 0.25) is 0 Å². The molecule has 0 aromatic carbocycles. The minimum Gasteiger partial charge on any atom is -0.472 e. The van der Waals surface area contributed by atoms with Crippen LogP contribution >= 0.6 is 0 Å². The lowest BCUT2D eigenvalue weighted by atomic mass is 10.2. The van der Waals surface area contributed by atoms with Gasteiger partial charge in [0.05, 0.1) is 11.8 Å². The first-order valence-electron chi connectivity index (χ1n) is 5.53. The zero-order chi connectivity index (χ0) is 11.4. The van der Waals surface area contributed by atoms with Crippen LogP contribution in [0.3, 0.4) is 0 Å². The van der Waals surface area contributed by atoms with Crippen molar-refractivity contribution in [2.45, 2.75) is 20.4 Å². The normalized spacial score (nSPS) is 11.2. The molecule has 0 unspecified atom stereocenters. The quantitative estimate of drug-likeness (QED) is 0.812. The Balaban J connectivity index is 1.93. The second kappa shape index (κ2) is 4.99. The molecule has 2 aromatic heterocycles. The molecule has 2 aromatic rings. The number of nitrogens with zero attached hydrogens (tertiary/aromatic N) is 1. The average Bonchev–Trinajstić information content (AvgIpc) is 2.85. The van der Waals surface area contributed by atoms with Crippen molar-refractivity contribution in [2.75, 3.05) is 6.54 Å². The zero-order valence-electron chi connectivity index (χ0n) is 9.66. The molecule has 0 aliphatic heterocycles. The molecule has 0 bridgehead atoms. The van der Waals surface area contributed by atoms with E-state index in [1.807, 2.05) is 12.3 Å². The fourth-order valence-corrected chi connectivity index (χ4v) is 1.49. The van der Waals surface area contributed by atoms with Crippen LogP contribution < -0.4 is 5.32 Å².